The molecule has 7 heteroatoms. The molecule has 4 aromatic rings. The average molecular weight is 422 g/mol. The Morgan fingerprint density at radius 3 is 2.62 bits per heavy atom. The number of thiocarbonyl (C=S) groups is 1. The Kier molecular flexibility index (Phi) is 5.42. The molecular formula is C22H19N3O2S2. The van der Waals surface area contributed by atoms with Crippen LogP contribution in [0.3, 0.4) is 0 Å². The fraction of sp³-hybridized carbons (Fsp3) is 0.136. The topological polar surface area (TPSA) is 67.2 Å². The van der Waals surface area contributed by atoms with Gasteiger partial charge in [0.2, 0.25) is 5.89 Å². The maximum atomic E-state index is 12.1. The van der Waals surface area contributed by atoms with Crippen LogP contribution in [-0.2, 0) is 0 Å². The van der Waals surface area contributed by atoms with Gasteiger partial charge < -0.3 is 9.73 Å². The number of rotatable bonds is 4. The molecule has 29 heavy (non-hydrogen) atoms. The highest BCUT2D eigenvalue weighted by Crippen LogP contribution is 2.27. The number of benzene rings is 2. The minimum absolute atomic E-state index is 0.229. The summed E-state index contributed by atoms with van der Waals surface area (Å²) in [6.07, 6.45) is 0. The number of hydrogen-bond donors (Lipinski definition) is 2. The molecule has 1 amide bonds. The average Bonchev–Trinajstić information content (AvgIpc) is 3.37. The van der Waals surface area contributed by atoms with E-state index >= 15 is 0 Å². The number of aromatic nitrogens is 1. The number of amides is 1. The molecule has 0 spiro atoms. The van der Waals surface area contributed by atoms with Crippen LogP contribution in [0.25, 0.3) is 22.6 Å². The van der Waals surface area contributed by atoms with Crippen molar-refractivity contribution in [2.75, 3.05) is 5.32 Å². The van der Waals surface area contributed by atoms with Gasteiger partial charge in [-0.25, -0.2) is 4.98 Å². The second-order valence-electron chi connectivity index (χ2n) is 6.86. The number of thiophene rings is 1. The normalized spacial score (nSPS) is 11.0. The van der Waals surface area contributed by atoms with Crippen molar-refractivity contribution in [3.63, 3.8) is 0 Å². The quantitative estimate of drug-likeness (QED) is 0.407. The second kappa shape index (κ2) is 8.14. The molecule has 0 aliphatic carbocycles. The number of nitrogens with zero attached hydrogens (tertiary/aromatic N) is 1. The van der Waals surface area contributed by atoms with Crippen molar-refractivity contribution in [1.82, 2.24) is 10.3 Å². The maximum Gasteiger partial charge on any atom is 0.267 e. The zero-order valence-electron chi connectivity index (χ0n) is 15.9. The van der Waals surface area contributed by atoms with Gasteiger partial charge in [0, 0.05) is 11.3 Å². The van der Waals surface area contributed by atoms with Crippen molar-refractivity contribution in [3.8, 4) is 11.5 Å². The predicted molar refractivity (Wildman–Crippen MR) is 122 cm³/mol. The summed E-state index contributed by atoms with van der Waals surface area (Å²) in [5, 5.41) is 7.77. The van der Waals surface area contributed by atoms with Crippen LogP contribution in [0.4, 0.5) is 5.69 Å². The fourth-order valence-electron chi connectivity index (χ4n) is 2.87. The molecular weight excluding hydrogens is 402 g/mol. The van der Waals surface area contributed by atoms with E-state index in [1.165, 1.54) is 16.9 Å². The first-order chi connectivity index (χ1) is 14.0. The molecule has 5 nitrogen and oxygen atoms in total. The molecule has 0 aliphatic rings. The van der Waals surface area contributed by atoms with Crippen LogP contribution in [-0.4, -0.2) is 16.0 Å². The Balaban J connectivity index is 1.49. The van der Waals surface area contributed by atoms with Crippen molar-refractivity contribution in [3.05, 3.63) is 70.4 Å². The molecule has 0 aliphatic heterocycles. The molecule has 0 bridgehead atoms. The highest BCUT2D eigenvalue weighted by Gasteiger charge is 2.12. The minimum Gasteiger partial charge on any atom is -0.436 e. The van der Waals surface area contributed by atoms with E-state index in [1.807, 2.05) is 41.8 Å². The van der Waals surface area contributed by atoms with Crippen molar-refractivity contribution in [2.24, 2.45) is 0 Å². The summed E-state index contributed by atoms with van der Waals surface area (Å²) in [5.41, 5.74) is 4.33. The molecule has 0 atom stereocenters. The Bertz CT molecular complexity index is 1160. The number of anilines is 1. The van der Waals surface area contributed by atoms with E-state index in [2.05, 4.69) is 41.6 Å². The van der Waals surface area contributed by atoms with E-state index in [0.717, 1.165) is 11.3 Å². The van der Waals surface area contributed by atoms with Gasteiger partial charge in [-0.2, -0.15) is 0 Å². The minimum atomic E-state index is -0.229. The second-order valence-corrected chi connectivity index (χ2v) is 8.22. The summed E-state index contributed by atoms with van der Waals surface area (Å²) in [6.45, 7) is 4.33. The van der Waals surface area contributed by atoms with Gasteiger partial charge in [-0.1, -0.05) is 32.0 Å². The molecule has 2 aromatic carbocycles. The van der Waals surface area contributed by atoms with Gasteiger partial charge in [0.1, 0.15) is 5.52 Å². The predicted octanol–water partition coefficient (Wildman–Crippen LogP) is 5.81. The highest BCUT2D eigenvalue weighted by atomic mass is 32.1. The number of carbonyl (C=O) groups is 1. The van der Waals surface area contributed by atoms with Crippen molar-refractivity contribution < 1.29 is 9.21 Å². The van der Waals surface area contributed by atoms with E-state index < -0.39 is 0 Å². The zero-order chi connectivity index (χ0) is 20.4. The Hall–Kier alpha value is -3.03. The Morgan fingerprint density at radius 1 is 1.14 bits per heavy atom. The summed E-state index contributed by atoms with van der Waals surface area (Å²) < 4.78 is 5.89. The van der Waals surface area contributed by atoms with Crippen LogP contribution in [0.5, 0.6) is 0 Å². The molecule has 0 fully saturated rings. The van der Waals surface area contributed by atoms with E-state index in [4.69, 9.17) is 16.6 Å². The number of fused-ring (bicyclic) bond motifs is 1. The van der Waals surface area contributed by atoms with Crippen molar-refractivity contribution in [1.29, 1.82) is 0 Å². The lowest BCUT2D eigenvalue weighted by molar-refractivity contribution is 0.0981. The van der Waals surface area contributed by atoms with Crippen LogP contribution in [0, 0.1) is 0 Å². The third-order valence-electron chi connectivity index (χ3n) is 4.44. The standard InChI is InChI=1S/C22H19N3O2S2/c1-13(2)14-5-7-15(8-6-14)21-24-17-12-16(9-10-18(17)27-21)23-22(28)25-20(26)19-4-3-11-29-19/h3-13H,1-2H3,(H2,23,25,26,28). The molecule has 0 radical (unpaired) electrons. The molecule has 0 unspecified atom stereocenters. The Labute approximate surface area is 177 Å². The van der Waals surface area contributed by atoms with Crippen molar-refractivity contribution in [2.45, 2.75) is 19.8 Å². The van der Waals surface area contributed by atoms with Crippen LogP contribution in [0.2, 0.25) is 0 Å². The van der Waals surface area contributed by atoms with Gasteiger partial charge in [-0.05, 0) is 65.5 Å². The molecule has 0 saturated carbocycles. The van der Waals surface area contributed by atoms with E-state index in [-0.39, 0.29) is 11.0 Å². The van der Waals surface area contributed by atoms with E-state index in [0.29, 0.717) is 27.8 Å². The van der Waals surface area contributed by atoms with Crippen LogP contribution < -0.4 is 10.6 Å². The maximum absolute atomic E-state index is 12.1. The molecule has 2 heterocycles. The molecule has 0 saturated heterocycles. The van der Waals surface area contributed by atoms with Crippen LogP contribution >= 0.6 is 23.6 Å². The fourth-order valence-corrected chi connectivity index (χ4v) is 3.70. The van der Waals surface area contributed by atoms with Crippen LogP contribution in [0.15, 0.2) is 64.4 Å². The zero-order valence-corrected chi connectivity index (χ0v) is 17.6. The molecule has 2 aromatic heterocycles. The van der Waals surface area contributed by atoms with E-state index in [1.54, 1.807) is 6.07 Å². The summed E-state index contributed by atoms with van der Waals surface area (Å²) in [5.74, 6) is 0.818. The lowest BCUT2D eigenvalue weighted by atomic mass is 10.0. The summed E-state index contributed by atoms with van der Waals surface area (Å²) in [6, 6.07) is 17.3. The van der Waals surface area contributed by atoms with Gasteiger partial charge in [0.25, 0.3) is 5.91 Å². The lowest BCUT2D eigenvalue weighted by Crippen LogP contribution is -2.33. The number of carbonyl (C=O) groups excluding carboxylic acids is 1. The first-order valence-electron chi connectivity index (χ1n) is 9.16. The van der Waals surface area contributed by atoms with Gasteiger partial charge in [-0.15, -0.1) is 11.3 Å². The van der Waals surface area contributed by atoms with E-state index in [9.17, 15) is 4.79 Å². The van der Waals surface area contributed by atoms with Crippen molar-refractivity contribution >= 4 is 51.4 Å². The first kappa shape index (κ1) is 19.3. The summed E-state index contributed by atoms with van der Waals surface area (Å²) >= 11 is 6.60. The first-order valence-corrected chi connectivity index (χ1v) is 10.4. The Morgan fingerprint density at radius 2 is 1.93 bits per heavy atom. The third kappa shape index (κ3) is 4.36. The lowest BCUT2D eigenvalue weighted by Gasteiger charge is -2.08. The number of hydrogen-bond acceptors (Lipinski definition) is 5. The van der Waals surface area contributed by atoms with Gasteiger partial charge in [0.05, 0.1) is 4.88 Å². The monoisotopic (exact) mass is 421 g/mol. The summed E-state index contributed by atoms with van der Waals surface area (Å²) in [4.78, 5) is 17.3. The molecule has 146 valence electrons. The number of nitrogens with one attached hydrogen (secondary N) is 2. The third-order valence-corrected chi connectivity index (χ3v) is 5.51. The number of oxazole rings is 1. The van der Waals surface area contributed by atoms with Gasteiger partial charge >= 0.3 is 0 Å². The van der Waals surface area contributed by atoms with Gasteiger partial charge in [-0.3, -0.25) is 10.1 Å². The largest absolute Gasteiger partial charge is 0.436 e. The molecule has 2 N–H and O–H groups in total. The highest BCUT2D eigenvalue weighted by molar-refractivity contribution is 7.80. The SMILES string of the molecule is CC(C)c1ccc(-c2nc3cc(NC(=S)NC(=O)c4cccs4)ccc3o2)cc1. The van der Waals surface area contributed by atoms with Gasteiger partial charge in [0.15, 0.2) is 10.7 Å². The smallest absolute Gasteiger partial charge is 0.267 e. The van der Waals surface area contributed by atoms with Crippen LogP contribution in [0.1, 0.15) is 35.0 Å². The molecule has 4 rings (SSSR count). The summed E-state index contributed by atoms with van der Waals surface area (Å²) in [7, 11) is 0.